The third-order valence-electron chi connectivity index (χ3n) is 4.50. The van der Waals surface area contributed by atoms with Crippen molar-refractivity contribution < 1.29 is 0 Å². The van der Waals surface area contributed by atoms with Crippen LogP contribution in [0.1, 0.15) is 49.8 Å². The van der Waals surface area contributed by atoms with Gasteiger partial charge in [-0.2, -0.15) is 0 Å². The van der Waals surface area contributed by atoms with Crippen LogP contribution in [0.3, 0.4) is 0 Å². The molecule has 0 aromatic heterocycles. The lowest BCUT2D eigenvalue weighted by Gasteiger charge is -2.25. The zero-order valence-corrected chi connectivity index (χ0v) is 12.0. The quantitative estimate of drug-likeness (QED) is 0.814. The van der Waals surface area contributed by atoms with Crippen molar-refractivity contribution in [2.24, 2.45) is 11.7 Å². The molecule has 1 unspecified atom stereocenters. The first-order valence-corrected chi connectivity index (χ1v) is 7.84. The van der Waals surface area contributed by atoms with E-state index in [1.165, 1.54) is 43.4 Å². The van der Waals surface area contributed by atoms with Crippen LogP contribution >= 0.6 is 0 Å². The SMILES string of the molecule is CCc1ccc(C(N)CN(CC2CC2)C2CC2)cc1. The number of rotatable bonds is 7. The van der Waals surface area contributed by atoms with Gasteiger partial charge in [0.2, 0.25) is 0 Å². The molecule has 0 radical (unpaired) electrons. The summed E-state index contributed by atoms with van der Waals surface area (Å²) >= 11 is 0. The van der Waals surface area contributed by atoms with Crippen LogP contribution in [0.15, 0.2) is 24.3 Å². The van der Waals surface area contributed by atoms with Gasteiger partial charge in [-0.05, 0) is 49.1 Å². The first-order chi connectivity index (χ1) is 9.26. The van der Waals surface area contributed by atoms with E-state index in [1.807, 2.05) is 0 Å². The van der Waals surface area contributed by atoms with Crippen LogP contribution in [0.2, 0.25) is 0 Å². The van der Waals surface area contributed by atoms with Gasteiger partial charge in [0.15, 0.2) is 0 Å². The highest BCUT2D eigenvalue weighted by atomic mass is 15.2. The van der Waals surface area contributed by atoms with Crippen LogP contribution in [0.4, 0.5) is 0 Å². The van der Waals surface area contributed by atoms with Crippen LogP contribution in [-0.2, 0) is 6.42 Å². The molecule has 3 rings (SSSR count). The van der Waals surface area contributed by atoms with E-state index in [0.29, 0.717) is 0 Å². The number of benzene rings is 1. The van der Waals surface area contributed by atoms with E-state index in [2.05, 4.69) is 36.1 Å². The molecular formula is C17H26N2. The van der Waals surface area contributed by atoms with E-state index in [0.717, 1.165) is 24.9 Å². The number of nitrogens with two attached hydrogens (primary N) is 1. The third-order valence-corrected chi connectivity index (χ3v) is 4.50. The molecule has 0 bridgehead atoms. The Morgan fingerprint density at radius 1 is 1.16 bits per heavy atom. The second-order valence-corrected chi connectivity index (χ2v) is 6.33. The first-order valence-electron chi connectivity index (χ1n) is 7.84. The predicted octanol–water partition coefficient (Wildman–Crippen LogP) is 3.12. The fraction of sp³-hybridized carbons (Fsp3) is 0.647. The topological polar surface area (TPSA) is 29.3 Å². The molecule has 19 heavy (non-hydrogen) atoms. The maximum atomic E-state index is 6.41. The minimum absolute atomic E-state index is 0.172. The van der Waals surface area contributed by atoms with Crippen molar-refractivity contribution in [3.63, 3.8) is 0 Å². The molecule has 0 amide bonds. The number of hydrogen-bond donors (Lipinski definition) is 1. The highest BCUT2D eigenvalue weighted by Crippen LogP contribution is 2.35. The van der Waals surface area contributed by atoms with Crippen molar-refractivity contribution in [3.8, 4) is 0 Å². The van der Waals surface area contributed by atoms with Crippen molar-refractivity contribution in [3.05, 3.63) is 35.4 Å². The third kappa shape index (κ3) is 3.58. The van der Waals surface area contributed by atoms with Crippen molar-refractivity contribution in [2.75, 3.05) is 13.1 Å². The molecule has 2 fully saturated rings. The van der Waals surface area contributed by atoms with Gasteiger partial charge in [0, 0.05) is 25.2 Å². The fourth-order valence-electron chi connectivity index (χ4n) is 2.80. The van der Waals surface area contributed by atoms with E-state index >= 15 is 0 Å². The Kier molecular flexibility index (Phi) is 3.90. The summed E-state index contributed by atoms with van der Waals surface area (Å²) in [6.07, 6.45) is 6.74. The van der Waals surface area contributed by atoms with Gasteiger partial charge in [-0.15, -0.1) is 0 Å². The van der Waals surface area contributed by atoms with E-state index < -0.39 is 0 Å². The Balaban J connectivity index is 1.59. The first kappa shape index (κ1) is 13.1. The molecule has 0 heterocycles. The van der Waals surface area contributed by atoms with E-state index in [9.17, 15) is 0 Å². The minimum atomic E-state index is 0.172. The lowest BCUT2D eigenvalue weighted by Crippen LogP contribution is -2.35. The summed E-state index contributed by atoms with van der Waals surface area (Å²) in [5.41, 5.74) is 9.09. The molecule has 2 saturated carbocycles. The van der Waals surface area contributed by atoms with Crippen molar-refractivity contribution in [1.82, 2.24) is 4.90 Å². The second-order valence-electron chi connectivity index (χ2n) is 6.33. The zero-order chi connectivity index (χ0) is 13.2. The smallest absolute Gasteiger partial charge is 0.0424 e. The molecular weight excluding hydrogens is 232 g/mol. The lowest BCUT2D eigenvalue weighted by atomic mass is 10.0. The Bertz CT molecular complexity index is 404. The summed E-state index contributed by atoms with van der Waals surface area (Å²) in [6.45, 7) is 4.51. The van der Waals surface area contributed by atoms with Crippen LogP contribution in [-0.4, -0.2) is 24.0 Å². The van der Waals surface area contributed by atoms with Gasteiger partial charge in [0.1, 0.15) is 0 Å². The maximum absolute atomic E-state index is 6.41. The van der Waals surface area contributed by atoms with E-state index in [1.54, 1.807) is 0 Å². The van der Waals surface area contributed by atoms with Crippen molar-refractivity contribution in [1.29, 1.82) is 0 Å². The lowest BCUT2D eigenvalue weighted by molar-refractivity contribution is 0.237. The molecule has 0 spiro atoms. The Morgan fingerprint density at radius 3 is 2.37 bits per heavy atom. The van der Waals surface area contributed by atoms with Crippen LogP contribution < -0.4 is 5.73 Å². The standard InChI is InChI=1S/C17H26N2/c1-2-13-5-7-15(8-6-13)17(18)12-19(16-9-10-16)11-14-3-4-14/h5-8,14,16-17H,2-4,9-12,18H2,1H3. The summed E-state index contributed by atoms with van der Waals surface area (Å²) in [6, 6.07) is 9.87. The molecule has 1 atom stereocenters. The molecule has 2 aliphatic rings. The summed E-state index contributed by atoms with van der Waals surface area (Å²) in [5, 5.41) is 0. The predicted molar refractivity (Wildman–Crippen MR) is 80.1 cm³/mol. The molecule has 2 N–H and O–H groups in total. The normalized spacial score (nSPS) is 20.8. The average Bonchev–Trinajstić information content (AvgIpc) is 3.29. The number of aryl methyl sites for hydroxylation is 1. The summed E-state index contributed by atoms with van der Waals surface area (Å²) in [4.78, 5) is 2.65. The Morgan fingerprint density at radius 2 is 1.84 bits per heavy atom. The molecule has 0 saturated heterocycles. The van der Waals surface area contributed by atoms with Gasteiger partial charge in [0.05, 0.1) is 0 Å². The van der Waals surface area contributed by atoms with Gasteiger partial charge in [-0.1, -0.05) is 31.2 Å². The van der Waals surface area contributed by atoms with Crippen LogP contribution in [0, 0.1) is 5.92 Å². The van der Waals surface area contributed by atoms with Gasteiger partial charge < -0.3 is 5.73 Å². The van der Waals surface area contributed by atoms with Gasteiger partial charge >= 0.3 is 0 Å². The second kappa shape index (κ2) is 5.64. The van der Waals surface area contributed by atoms with Gasteiger partial charge in [-0.25, -0.2) is 0 Å². The van der Waals surface area contributed by atoms with E-state index in [-0.39, 0.29) is 6.04 Å². The fourth-order valence-corrected chi connectivity index (χ4v) is 2.80. The highest BCUT2D eigenvalue weighted by Gasteiger charge is 2.34. The molecule has 2 heteroatoms. The van der Waals surface area contributed by atoms with Crippen molar-refractivity contribution >= 4 is 0 Å². The van der Waals surface area contributed by atoms with Crippen molar-refractivity contribution in [2.45, 2.75) is 51.1 Å². The number of hydrogen-bond acceptors (Lipinski definition) is 2. The highest BCUT2D eigenvalue weighted by molar-refractivity contribution is 5.25. The molecule has 2 nitrogen and oxygen atoms in total. The molecule has 2 aliphatic carbocycles. The average molecular weight is 258 g/mol. The largest absolute Gasteiger partial charge is 0.323 e. The van der Waals surface area contributed by atoms with Gasteiger partial charge in [-0.3, -0.25) is 4.90 Å². The Labute approximate surface area is 117 Å². The zero-order valence-electron chi connectivity index (χ0n) is 12.0. The Hall–Kier alpha value is -0.860. The number of nitrogens with zero attached hydrogens (tertiary/aromatic N) is 1. The van der Waals surface area contributed by atoms with Gasteiger partial charge in [0.25, 0.3) is 0 Å². The minimum Gasteiger partial charge on any atom is -0.323 e. The molecule has 104 valence electrons. The molecule has 0 aliphatic heterocycles. The van der Waals surface area contributed by atoms with E-state index in [4.69, 9.17) is 5.73 Å². The van der Waals surface area contributed by atoms with Crippen LogP contribution in [0.25, 0.3) is 0 Å². The summed E-state index contributed by atoms with van der Waals surface area (Å²) < 4.78 is 0. The van der Waals surface area contributed by atoms with Crippen LogP contribution in [0.5, 0.6) is 0 Å². The summed E-state index contributed by atoms with van der Waals surface area (Å²) in [7, 11) is 0. The summed E-state index contributed by atoms with van der Waals surface area (Å²) in [5.74, 6) is 0.968. The molecule has 1 aromatic carbocycles. The molecule has 1 aromatic rings. The monoisotopic (exact) mass is 258 g/mol. The maximum Gasteiger partial charge on any atom is 0.0424 e.